The Labute approximate surface area is 176 Å². The minimum atomic E-state index is 0.221. The molecule has 5 nitrogen and oxygen atoms in total. The van der Waals surface area contributed by atoms with Crippen molar-refractivity contribution in [3.63, 3.8) is 0 Å². The summed E-state index contributed by atoms with van der Waals surface area (Å²) in [7, 11) is 1.67. The zero-order chi connectivity index (χ0) is 20.3. The predicted molar refractivity (Wildman–Crippen MR) is 114 cm³/mol. The Morgan fingerprint density at radius 3 is 2.60 bits per heavy atom. The van der Waals surface area contributed by atoms with E-state index in [2.05, 4.69) is 41.7 Å². The van der Waals surface area contributed by atoms with E-state index in [0.717, 1.165) is 47.9 Å². The van der Waals surface area contributed by atoms with Crippen LogP contribution in [0.3, 0.4) is 0 Å². The van der Waals surface area contributed by atoms with Gasteiger partial charge in [0.05, 0.1) is 7.11 Å². The highest BCUT2D eigenvalue weighted by Crippen LogP contribution is 2.39. The average Bonchev–Trinajstić information content (AvgIpc) is 3.25. The van der Waals surface area contributed by atoms with Crippen LogP contribution in [0, 0.1) is 0 Å². The molecule has 3 aromatic rings. The number of hydrogen-bond donors (Lipinski definition) is 1. The molecule has 154 valence electrons. The zero-order valence-electron chi connectivity index (χ0n) is 17.0. The van der Waals surface area contributed by atoms with Crippen molar-refractivity contribution in [3.05, 3.63) is 82.9 Å². The second-order valence-electron chi connectivity index (χ2n) is 7.62. The van der Waals surface area contributed by atoms with Gasteiger partial charge in [0.25, 0.3) is 0 Å². The predicted octanol–water partition coefficient (Wildman–Crippen LogP) is 4.43. The number of nitrogens with one attached hydrogen (secondary N) is 1. The SMILES string of the molecule is COc1ccc(CC2NCCc3cc4c(cc32)OCO4)cc1OCc1ccccc1. The van der Waals surface area contributed by atoms with Crippen LogP contribution in [0.25, 0.3) is 0 Å². The van der Waals surface area contributed by atoms with E-state index in [1.807, 2.05) is 24.3 Å². The van der Waals surface area contributed by atoms with E-state index in [-0.39, 0.29) is 6.04 Å². The summed E-state index contributed by atoms with van der Waals surface area (Å²) in [4.78, 5) is 0. The maximum absolute atomic E-state index is 6.09. The lowest BCUT2D eigenvalue weighted by atomic mass is 9.90. The fourth-order valence-electron chi connectivity index (χ4n) is 4.15. The van der Waals surface area contributed by atoms with Crippen LogP contribution in [0.1, 0.15) is 28.3 Å². The Kier molecular flexibility index (Phi) is 5.20. The van der Waals surface area contributed by atoms with Gasteiger partial charge in [-0.2, -0.15) is 0 Å². The monoisotopic (exact) mass is 403 g/mol. The van der Waals surface area contributed by atoms with Crippen LogP contribution in [0.15, 0.2) is 60.7 Å². The number of fused-ring (bicyclic) bond motifs is 2. The first-order valence-electron chi connectivity index (χ1n) is 10.3. The molecular weight excluding hydrogens is 378 g/mol. The molecule has 30 heavy (non-hydrogen) atoms. The largest absolute Gasteiger partial charge is 0.493 e. The molecule has 5 heteroatoms. The third-order valence-corrected chi connectivity index (χ3v) is 5.70. The van der Waals surface area contributed by atoms with Gasteiger partial charge in [-0.1, -0.05) is 36.4 Å². The summed E-state index contributed by atoms with van der Waals surface area (Å²) in [6.45, 7) is 1.76. The number of ether oxygens (including phenoxy) is 4. The first-order valence-corrected chi connectivity index (χ1v) is 10.3. The maximum Gasteiger partial charge on any atom is 0.231 e. The van der Waals surface area contributed by atoms with Gasteiger partial charge in [-0.3, -0.25) is 0 Å². The molecule has 0 fully saturated rings. The lowest BCUT2D eigenvalue weighted by molar-refractivity contribution is 0.174. The minimum Gasteiger partial charge on any atom is -0.493 e. The van der Waals surface area contributed by atoms with Crippen LogP contribution < -0.4 is 24.3 Å². The molecule has 0 aliphatic carbocycles. The lowest BCUT2D eigenvalue weighted by Gasteiger charge is -2.27. The van der Waals surface area contributed by atoms with Gasteiger partial charge in [0.1, 0.15) is 6.61 Å². The molecule has 2 aliphatic rings. The Morgan fingerprint density at radius 1 is 0.933 bits per heavy atom. The van der Waals surface area contributed by atoms with E-state index in [1.54, 1.807) is 7.11 Å². The van der Waals surface area contributed by atoms with Crippen LogP contribution in [0.5, 0.6) is 23.0 Å². The lowest BCUT2D eigenvalue weighted by Crippen LogP contribution is -2.31. The third-order valence-electron chi connectivity index (χ3n) is 5.70. The smallest absolute Gasteiger partial charge is 0.231 e. The van der Waals surface area contributed by atoms with Crippen molar-refractivity contribution in [2.75, 3.05) is 20.4 Å². The average molecular weight is 403 g/mol. The van der Waals surface area contributed by atoms with Gasteiger partial charge in [-0.15, -0.1) is 0 Å². The quantitative estimate of drug-likeness (QED) is 0.660. The van der Waals surface area contributed by atoms with Gasteiger partial charge >= 0.3 is 0 Å². The molecule has 0 saturated heterocycles. The van der Waals surface area contributed by atoms with E-state index in [0.29, 0.717) is 13.4 Å². The summed E-state index contributed by atoms with van der Waals surface area (Å²) in [5.41, 5.74) is 4.94. The summed E-state index contributed by atoms with van der Waals surface area (Å²) in [6, 6.07) is 20.8. The second kappa shape index (κ2) is 8.28. The first kappa shape index (κ1) is 18.8. The van der Waals surface area contributed by atoms with Gasteiger partial charge in [0.2, 0.25) is 6.79 Å². The standard InChI is InChI=1S/C25H25NO4/c1-27-22-8-7-18(12-23(22)28-15-17-5-3-2-4-6-17)11-21-20-14-25-24(29-16-30-25)13-19(20)9-10-26-21/h2-8,12-14,21,26H,9-11,15-16H2,1H3. The van der Waals surface area contributed by atoms with Gasteiger partial charge in [-0.25, -0.2) is 0 Å². The van der Waals surface area contributed by atoms with Gasteiger partial charge in [-0.05, 0) is 65.9 Å². The van der Waals surface area contributed by atoms with Gasteiger partial charge in [0.15, 0.2) is 23.0 Å². The highest BCUT2D eigenvalue weighted by molar-refractivity contribution is 5.51. The highest BCUT2D eigenvalue weighted by Gasteiger charge is 2.25. The van der Waals surface area contributed by atoms with Crippen LogP contribution >= 0.6 is 0 Å². The van der Waals surface area contributed by atoms with Crippen molar-refractivity contribution in [2.45, 2.75) is 25.5 Å². The Hall–Kier alpha value is -3.18. The molecule has 3 aromatic carbocycles. The molecule has 0 saturated carbocycles. The molecule has 0 aromatic heterocycles. The fraction of sp³-hybridized carbons (Fsp3) is 0.280. The van der Waals surface area contributed by atoms with Crippen LogP contribution in [-0.4, -0.2) is 20.4 Å². The highest BCUT2D eigenvalue weighted by atomic mass is 16.7. The fourth-order valence-corrected chi connectivity index (χ4v) is 4.15. The Bertz CT molecular complexity index is 1030. The van der Waals surface area contributed by atoms with E-state index in [1.165, 1.54) is 16.7 Å². The number of hydrogen-bond acceptors (Lipinski definition) is 5. The minimum absolute atomic E-state index is 0.221. The van der Waals surface area contributed by atoms with Crippen molar-refractivity contribution >= 4 is 0 Å². The number of benzene rings is 3. The molecule has 0 bridgehead atoms. The maximum atomic E-state index is 6.09. The van der Waals surface area contributed by atoms with Crippen LogP contribution in [-0.2, 0) is 19.4 Å². The summed E-state index contributed by atoms with van der Waals surface area (Å²) in [6.07, 6.45) is 1.86. The molecule has 1 atom stereocenters. The topological polar surface area (TPSA) is 49.0 Å². The zero-order valence-corrected chi connectivity index (χ0v) is 17.0. The first-order chi connectivity index (χ1) is 14.8. The second-order valence-corrected chi connectivity index (χ2v) is 7.62. The molecule has 0 spiro atoms. The van der Waals surface area contributed by atoms with E-state index in [4.69, 9.17) is 18.9 Å². The van der Waals surface area contributed by atoms with E-state index < -0.39 is 0 Å². The van der Waals surface area contributed by atoms with Crippen LogP contribution in [0.4, 0.5) is 0 Å². The number of rotatable bonds is 6. The van der Waals surface area contributed by atoms with Crippen LogP contribution in [0.2, 0.25) is 0 Å². The van der Waals surface area contributed by atoms with Crippen molar-refractivity contribution in [1.29, 1.82) is 0 Å². The molecular formula is C25H25NO4. The van der Waals surface area contributed by atoms with Crippen molar-refractivity contribution < 1.29 is 18.9 Å². The van der Waals surface area contributed by atoms with E-state index in [9.17, 15) is 0 Å². The third kappa shape index (κ3) is 3.81. The Balaban J connectivity index is 1.37. The Morgan fingerprint density at radius 2 is 1.77 bits per heavy atom. The molecule has 2 aliphatic heterocycles. The molecule has 1 unspecified atom stereocenters. The van der Waals surface area contributed by atoms with E-state index >= 15 is 0 Å². The molecule has 1 N–H and O–H groups in total. The molecule has 2 heterocycles. The summed E-state index contributed by atoms with van der Waals surface area (Å²) in [5, 5.41) is 3.65. The summed E-state index contributed by atoms with van der Waals surface area (Å²) >= 11 is 0. The van der Waals surface area contributed by atoms with Crippen molar-refractivity contribution in [2.24, 2.45) is 0 Å². The molecule has 0 radical (unpaired) electrons. The molecule has 5 rings (SSSR count). The van der Waals surface area contributed by atoms with Gasteiger partial charge < -0.3 is 24.3 Å². The number of methoxy groups -OCH3 is 1. The summed E-state index contributed by atoms with van der Waals surface area (Å²) in [5.74, 6) is 3.20. The van der Waals surface area contributed by atoms with Gasteiger partial charge in [0, 0.05) is 6.04 Å². The van der Waals surface area contributed by atoms with Crippen molar-refractivity contribution in [1.82, 2.24) is 5.32 Å². The van der Waals surface area contributed by atoms with Crippen molar-refractivity contribution in [3.8, 4) is 23.0 Å². The summed E-state index contributed by atoms with van der Waals surface area (Å²) < 4.78 is 22.8. The molecule has 0 amide bonds. The normalized spacial score (nSPS) is 16.8.